The van der Waals surface area contributed by atoms with Crippen LogP contribution < -0.4 is 10.3 Å². The standard InChI is InChI=1S/C30H40N4OS/c1-21-9-6-10-22(2)28(21)26-20-27(35)32-29(31-26)33-36-25-13-7-11-24(19-25)23-12-8-16-34(17-14-23)18-15-30(3,4)5/h6-7,9-11,13,19-20,23H,8,12,14-18H2,1-5H3,(H2,31,32,33,35). The van der Waals surface area contributed by atoms with Gasteiger partial charge in [-0.25, -0.2) is 4.98 Å². The van der Waals surface area contributed by atoms with E-state index in [0.29, 0.717) is 23.0 Å². The van der Waals surface area contributed by atoms with Crippen LogP contribution in [0.2, 0.25) is 0 Å². The fourth-order valence-corrected chi connectivity index (χ4v) is 5.65. The number of hydrogen-bond acceptors (Lipinski definition) is 5. The lowest BCUT2D eigenvalue weighted by Crippen LogP contribution is -2.28. The molecule has 5 nitrogen and oxygen atoms in total. The van der Waals surface area contributed by atoms with Crippen molar-refractivity contribution >= 4 is 17.9 Å². The van der Waals surface area contributed by atoms with Crippen molar-refractivity contribution < 1.29 is 0 Å². The number of aromatic amines is 1. The van der Waals surface area contributed by atoms with E-state index in [-0.39, 0.29) is 5.56 Å². The van der Waals surface area contributed by atoms with Crippen LogP contribution in [0.3, 0.4) is 0 Å². The lowest BCUT2D eigenvalue weighted by molar-refractivity contribution is 0.234. The van der Waals surface area contributed by atoms with E-state index in [1.54, 1.807) is 6.07 Å². The van der Waals surface area contributed by atoms with Crippen LogP contribution in [0, 0.1) is 19.3 Å². The zero-order valence-electron chi connectivity index (χ0n) is 22.4. The first kappa shape index (κ1) is 26.5. The fraction of sp³-hybridized carbons (Fsp3) is 0.467. The van der Waals surface area contributed by atoms with Crippen LogP contribution in [0.5, 0.6) is 0 Å². The van der Waals surface area contributed by atoms with Gasteiger partial charge in [0.2, 0.25) is 5.95 Å². The molecule has 0 aliphatic carbocycles. The Balaban J connectivity index is 1.42. The number of likely N-dealkylation sites (tertiary alicyclic amines) is 1. The second-order valence-electron chi connectivity index (χ2n) is 11.3. The number of rotatable bonds is 7. The molecule has 2 N–H and O–H groups in total. The topological polar surface area (TPSA) is 61.0 Å². The van der Waals surface area contributed by atoms with Crippen LogP contribution in [0.1, 0.15) is 69.1 Å². The number of benzene rings is 2. The molecule has 1 aliphatic heterocycles. The minimum Gasteiger partial charge on any atom is -0.303 e. The van der Waals surface area contributed by atoms with Gasteiger partial charge in [-0.05, 0) is 111 Å². The minimum atomic E-state index is -0.158. The minimum absolute atomic E-state index is 0.158. The predicted octanol–water partition coefficient (Wildman–Crippen LogP) is 7.18. The Morgan fingerprint density at radius 2 is 1.81 bits per heavy atom. The Bertz CT molecular complexity index is 1210. The molecular weight excluding hydrogens is 464 g/mol. The van der Waals surface area contributed by atoms with Gasteiger partial charge in [-0.3, -0.25) is 14.5 Å². The average Bonchev–Trinajstić information content (AvgIpc) is 3.07. The van der Waals surface area contributed by atoms with E-state index in [1.165, 1.54) is 62.8 Å². The second-order valence-corrected chi connectivity index (χ2v) is 12.2. The van der Waals surface area contributed by atoms with Crippen molar-refractivity contribution in [1.29, 1.82) is 0 Å². The van der Waals surface area contributed by atoms with Crippen LogP contribution in [-0.2, 0) is 0 Å². The van der Waals surface area contributed by atoms with E-state index >= 15 is 0 Å². The molecule has 6 heteroatoms. The molecule has 0 spiro atoms. The SMILES string of the molecule is Cc1cccc(C)c1-c1cc(=O)[nH]c(NSc2cccc(C3CCCN(CCC(C)(C)C)CC3)c2)n1. The smallest absolute Gasteiger partial charge is 0.252 e. The van der Waals surface area contributed by atoms with Gasteiger partial charge in [-0.15, -0.1) is 0 Å². The number of H-pyrrole nitrogens is 1. The van der Waals surface area contributed by atoms with Gasteiger partial charge in [0, 0.05) is 16.5 Å². The first-order valence-corrected chi connectivity index (χ1v) is 13.9. The van der Waals surface area contributed by atoms with Gasteiger partial charge in [0.15, 0.2) is 0 Å². The molecule has 36 heavy (non-hydrogen) atoms. The third-order valence-electron chi connectivity index (χ3n) is 7.07. The van der Waals surface area contributed by atoms with Crippen molar-refractivity contribution in [2.75, 3.05) is 24.4 Å². The number of nitrogens with one attached hydrogen (secondary N) is 2. The summed E-state index contributed by atoms with van der Waals surface area (Å²) in [6, 6.07) is 16.5. The Morgan fingerprint density at radius 3 is 2.56 bits per heavy atom. The van der Waals surface area contributed by atoms with E-state index < -0.39 is 0 Å². The van der Waals surface area contributed by atoms with Crippen LogP contribution in [0.25, 0.3) is 11.3 Å². The molecule has 3 aromatic rings. The van der Waals surface area contributed by atoms with Crippen LogP contribution in [0.15, 0.2) is 58.2 Å². The molecule has 0 saturated carbocycles. The highest BCUT2D eigenvalue weighted by Gasteiger charge is 2.20. The summed E-state index contributed by atoms with van der Waals surface area (Å²) in [5.41, 5.74) is 5.57. The van der Waals surface area contributed by atoms with Gasteiger partial charge in [0.25, 0.3) is 5.56 Å². The molecule has 2 aromatic carbocycles. The Kier molecular flexibility index (Phi) is 8.58. The number of anilines is 1. The monoisotopic (exact) mass is 504 g/mol. The zero-order chi connectivity index (χ0) is 25.7. The molecule has 1 atom stereocenters. The summed E-state index contributed by atoms with van der Waals surface area (Å²) in [7, 11) is 0. The number of aryl methyl sites for hydroxylation is 2. The summed E-state index contributed by atoms with van der Waals surface area (Å²) in [6.45, 7) is 14.7. The zero-order valence-corrected chi connectivity index (χ0v) is 23.2. The first-order valence-electron chi connectivity index (χ1n) is 13.1. The normalized spacial score (nSPS) is 17.1. The lowest BCUT2D eigenvalue weighted by atomic mass is 9.92. The summed E-state index contributed by atoms with van der Waals surface area (Å²) in [6.07, 6.45) is 4.94. The van der Waals surface area contributed by atoms with Gasteiger partial charge >= 0.3 is 0 Å². The molecule has 2 heterocycles. The average molecular weight is 505 g/mol. The third kappa shape index (κ3) is 7.23. The van der Waals surface area contributed by atoms with Crippen molar-refractivity contribution in [3.63, 3.8) is 0 Å². The largest absolute Gasteiger partial charge is 0.303 e. The third-order valence-corrected chi connectivity index (χ3v) is 7.86. The quantitative estimate of drug-likeness (QED) is 0.334. The van der Waals surface area contributed by atoms with Crippen molar-refractivity contribution in [3.05, 3.63) is 75.6 Å². The summed E-state index contributed by atoms with van der Waals surface area (Å²) in [4.78, 5) is 23.7. The van der Waals surface area contributed by atoms with Gasteiger partial charge in [0.05, 0.1) is 5.69 Å². The maximum atomic E-state index is 12.4. The Labute approximate surface area is 220 Å². The molecule has 1 aromatic heterocycles. The summed E-state index contributed by atoms with van der Waals surface area (Å²) >= 11 is 1.50. The number of nitrogens with zero attached hydrogens (tertiary/aromatic N) is 2. The Morgan fingerprint density at radius 1 is 1.06 bits per heavy atom. The molecule has 1 unspecified atom stereocenters. The second kappa shape index (κ2) is 11.7. The van der Waals surface area contributed by atoms with Gasteiger partial charge < -0.3 is 4.90 Å². The van der Waals surface area contributed by atoms with Gasteiger partial charge in [-0.2, -0.15) is 0 Å². The molecule has 0 radical (unpaired) electrons. The van der Waals surface area contributed by atoms with Crippen LogP contribution in [-0.4, -0.2) is 34.5 Å². The molecule has 0 bridgehead atoms. The van der Waals surface area contributed by atoms with Crippen molar-refractivity contribution in [2.45, 2.75) is 71.1 Å². The highest BCUT2D eigenvalue weighted by molar-refractivity contribution is 8.00. The van der Waals surface area contributed by atoms with Crippen molar-refractivity contribution in [2.24, 2.45) is 5.41 Å². The van der Waals surface area contributed by atoms with Gasteiger partial charge in [0.1, 0.15) is 0 Å². The van der Waals surface area contributed by atoms with Crippen molar-refractivity contribution in [1.82, 2.24) is 14.9 Å². The fourth-order valence-electron chi connectivity index (χ4n) is 5.00. The van der Waals surface area contributed by atoms with Crippen molar-refractivity contribution in [3.8, 4) is 11.3 Å². The molecular formula is C30H40N4OS. The lowest BCUT2D eigenvalue weighted by Gasteiger charge is -2.25. The molecule has 1 fully saturated rings. The summed E-state index contributed by atoms with van der Waals surface area (Å²) < 4.78 is 3.27. The van der Waals surface area contributed by atoms with Crippen LogP contribution in [0.4, 0.5) is 5.95 Å². The van der Waals surface area contributed by atoms with E-state index in [2.05, 4.69) is 85.6 Å². The maximum absolute atomic E-state index is 12.4. The number of aromatic nitrogens is 2. The van der Waals surface area contributed by atoms with Gasteiger partial charge in [-0.1, -0.05) is 51.1 Å². The molecule has 1 aliphatic rings. The molecule has 4 rings (SSSR count). The number of hydrogen-bond donors (Lipinski definition) is 2. The molecule has 1 saturated heterocycles. The predicted molar refractivity (Wildman–Crippen MR) is 153 cm³/mol. The Hall–Kier alpha value is -2.57. The van der Waals surface area contributed by atoms with E-state index in [1.807, 2.05) is 6.07 Å². The maximum Gasteiger partial charge on any atom is 0.252 e. The summed E-state index contributed by atoms with van der Waals surface area (Å²) in [5, 5.41) is 0. The molecule has 0 amide bonds. The van der Waals surface area contributed by atoms with E-state index in [0.717, 1.165) is 21.6 Å². The highest BCUT2D eigenvalue weighted by Crippen LogP contribution is 2.32. The summed E-state index contributed by atoms with van der Waals surface area (Å²) in [5.74, 6) is 1.06. The first-order chi connectivity index (χ1) is 17.2. The van der Waals surface area contributed by atoms with E-state index in [9.17, 15) is 4.79 Å². The highest BCUT2D eigenvalue weighted by atomic mass is 32.2. The molecule has 192 valence electrons. The van der Waals surface area contributed by atoms with E-state index in [4.69, 9.17) is 4.98 Å². The van der Waals surface area contributed by atoms with Crippen LogP contribution >= 0.6 is 11.9 Å².